The Labute approximate surface area is 86.4 Å². The summed E-state index contributed by atoms with van der Waals surface area (Å²) in [5, 5.41) is 0. The Morgan fingerprint density at radius 2 is 2.07 bits per heavy atom. The van der Waals surface area contributed by atoms with Gasteiger partial charge in [0.25, 0.3) is 0 Å². The Kier molecular flexibility index (Phi) is 3.59. The highest BCUT2D eigenvalue weighted by Crippen LogP contribution is 2.23. The van der Waals surface area contributed by atoms with Crippen molar-refractivity contribution >= 4 is 5.91 Å². The van der Waals surface area contributed by atoms with Gasteiger partial charge in [0.2, 0.25) is 5.91 Å². The standard InChI is InChI=1S/C9H15F3N2O/c1-6-4-2-3-5-14(6)8(15)7(13)9(10,11)12/h6-7H,2-5,13H2,1H3. The normalized spacial score (nSPS) is 25.1. The average molecular weight is 224 g/mol. The minimum atomic E-state index is -4.64. The molecular formula is C9H15F3N2O. The summed E-state index contributed by atoms with van der Waals surface area (Å²) in [7, 11) is 0. The maximum Gasteiger partial charge on any atom is 0.412 e. The van der Waals surface area contributed by atoms with Crippen LogP contribution in [0.15, 0.2) is 0 Å². The van der Waals surface area contributed by atoms with E-state index in [1.807, 2.05) is 0 Å². The van der Waals surface area contributed by atoms with Crippen LogP contribution in [0.5, 0.6) is 0 Å². The van der Waals surface area contributed by atoms with Gasteiger partial charge in [-0.25, -0.2) is 0 Å². The molecule has 1 heterocycles. The van der Waals surface area contributed by atoms with Crippen molar-refractivity contribution in [1.82, 2.24) is 4.90 Å². The summed E-state index contributed by atoms with van der Waals surface area (Å²) in [6, 6.07) is -2.52. The molecular weight excluding hydrogens is 209 g/mol. The zero-order valence-corrected chi connectivity index (χ0v) is 8.55. The molecule has 15 heavy (non-hydrogen) atoms. The third-order valence-corrected chi connectivity index (χ3v) is 2.70. The van der Waals surface area contributed by atoms with E-state index >= 15 is 0 Å². The molecule has 0 aromatic carbocycles. The minimum Gasteiger partial charge on any atom is -0.338 e. The van der Waals surface area contributed by atoms with Gasteiger partial charge in [-0.1, -0.05) is 0 Å². The van der Waals surface area contributed by atoms with Crippen LogP contribution in [0, 0.1) is 0 Å². The van der Waals surface area contributed by atoms with E-state index in [1.165, 1.54) is 4.90 Å². The highest BCUT2D eigenvalue weighted by Gasteiger charge is 2.44. The maximum absolute atomic E-state index is 12.2. The molecule has 1 aliphatic heterocycles. The van der Waals surface area contributed by atoms with Gasteiger partial charge < -0.3 is 10.6 Å². The second-order valence-corrected chi connectivity index (χ2v) is 3.90. The Balaban J connectivity index is 2.66. The van der Waals surface area contributed by atoms with E-state index in [4.69, 9.17) is 5.73 Å². The molecule has 1 fully saturated rings. The molecule has 2 N–H and O–H groups in total. The molecule has 2 atom stereocenters. The number of hydrogen-bond donors (Lipinski definition) is 1. The van der Waals surface area contributed by atoms with Crippen LogP contribution < -0.4 is 5.73 Å². The molecule has 0 bridgehead atoms. The number of rotatable bonds is 1. The van der Waals surface area contributed by atoms with Crippen LogP contribution in [0.4, 0.5) is 13.2 Å². The predicted octanol–water partition coefficient (Wildman–Crippen LogP) is 1.28. The molecule has 88 valence electrons. The van der Waals surface area contributed by atoms with E-state index in [-0.39, 0.29) is 6.04 Å². The molecule has 0 aromatic heterocycles. The lowest BCUT2D eigenvalue weighted by molar-refractivity contribution is -0.172. The Morgan fingerprint density at radius 3 is 2.53 bits per heavy atom. The van der Waals surface area contributed by atoms with Gasteiger partial charge in [-0.05, 0) is 26.2 Å². The fourth-order valence-electron chi connectivity index (χ4n) is 1.74. The zero-order chi connectivity index (χ0) is 11.6. The van der Waals surface area contributed by atoms with Gasteiger partial charge in [-0.15, -0.1) is 0 Å². The Bertz CT molecular complexity index is 242. The van der Waals surface area contributed by atoms with Gasteiger partial charge in [-0.2, -0.15) is 13.2 Å². The van der Waals surface area contributed by atoms with Crippen molar-refractivity contribution in [1.29, 1.82) is 0 Å². The van der Waals surface area contributed by atoms with Crippen molar-refractivity contribution in [3.63, 3.8) is 0 Å². The highest BCUT2D eigenvalue weighted by molar-refractivity contribution is 5.82. The van der Waals surface area contributed by atoms with Crippen molar-refractivity contribution in [3.05, 3.63) is 0 Å². The summed E-state index contributed by atoms with van der Waals surface area (Å²) in [4.78, 5) is 12.7. The fraction of sp³-hybridized carbons (Fsp3) is 0.889. The van der Waals surface area contributed by atoms with Crippen LogP contribution in [0.2, 0.25) is 0 Å². The second-order valence-electron chi connectivity index (χ2n) is 3.90. The van der Waals surface area contributed by atoms with Gasteiger partial charge in [0, 0.05) is 12.6 Å². The van der Waals surface area contributed by atoms with Gasteiger partial charge in [0.05, 0.1) is 0 Å². The molecule has 1 rings (SSSR count). The molecule has 0 saturated carbocycles. The SMILES string of the molecule is CC1CCCCN1C(=O)C(N)C(F)(F)F. The van der Waals surface area contributed by atoms with Crippen molar-refractivity contribution < 1.29 is 18.0 Å². The van der Waals surface area contributed by atoms with E-state index in [1.54, 1.807) is 6.92 Å². The van der Waals surface area contributed by atoms with Gasteiger partial charge in [0.15, 0.2) is 6.04 Å². The lowest BCUT2D eigenvalue weighted by Crippen LogP contribution is -2.55. The summed E-state index contributed by atoms with van der Waals surface area (Å²) in [5.41, 5.74) is 4.87. The lowest BCUT2D eigenvalue weighted by atomic mass is 10.0. The van der Waals surface area contributed by atoms with Crippen LogP contribution in [0.3, 0.4) is 0 Å². The number of piperidine rings is 1. The molecule has 0 aliphatic carbocycles. The van der Waals surface area contributed by atoms with Crippen molar-refractivity contribution in [2.75, 3.05) is 6.54 Å². The summed E-state index contributed by atoms with van der Waals surface area (Å²) >= 11 is 0. The molecule has 0 radical (unpaired) electrons. The van der Waals surface area contributed by atoms with Crippen LogP contribution >= 0.6 is 0 Å². The number of carbonyl (C=O) groups excluding carboxylic acids is 1. The first-order chi connectivity index (χ1) is 6.84. The number of alkyl halides is 3. The van der Waals surface area contributed by atoms with E-state index in [0.29, 0.717) is 6.54 Å². The smallest absolute Gasteiger partial charge is 0.338 e. The van der Waals surface area contributed by atoms with E-state index in [0.717, 1.165) is 19.3 Å². The average Bonchev–Trinajstić information content (AvgIpc) is 2.15. The molecule has 2 unspecified atom stereocenters. The minimum absolute atomic E-state index is 0.139. The monoisotopic (exact) mass is 224 g/mol. The summed E-state index contributed by atoms with van der Waals surface area (Å²) in [6.07, 6.45) is -2.20. The van der Waals surface area contributed by atoms with Crippen molar-refractivity contribution in [2.24, 2.45) is 5.73 Å². The van der Waals surface area contributed by atoms with Crippen molar-refractivity contribution in [2.45, 2.75) is 44.4 Å². The zero-order valence-electron chi connectivity index (χ0n) is 8.55. The largest absolute Gasteiger partial charge is 0.412 e. The predicted molar refractivity (Wildman–Crippen MR) is 49.1 cm³/mol. The fourth-order valence-corrected chi connectivity index (χ4v) is 1.74. The van der Waals surface area contributed by atoms with E-state index in [2.05, 4.69) is 0 Å². The van der Waals surface area contributed by atoms with Crippen LogP contribution in [0.25, 0.3) is 0 Å². The van der Waals surface area contributed by atoms with Gasteiger partial charge in [-0.3, -0.25) is 4.79 Å². The Hall–Kier alpha value is -0.780. The number of carbonyl (C=O) groups is 1. The first-order valence-electron chi connectivity index (χ1n) is 4.97. The summed E-state index contributed by atoms with van der Waals surface area (Å²) in [6.45, 7) is 2.13. The molecule has 0 aromatic rings. The number of likely N-dealkylation sites (tertiary alicyclic amines) is 1. The van der Waals surface area contributed by atoms with Crippen LogP contribution in [-0.4, -0.2) is 35.6 Å². The molecule has 6 heteroatoms. The first kappa shape index (κ1) is 12.3. The maximum atomic E-state index is 12.2. The van der Waals surface area contributed by atoms with Crippen molar-refractivity contribution in [3.8, 4) is 0 Å². The molecule has 3 nitrogen and oxygen atoms in total. The third kappa shape index (κ3) is 2.84. The first-order valence-corrected chi connectivity index (χ1v) is 4.97. The highest BCUT2D eigenvalue weighted by atomic mass is 19.4. The lowest BCUT2D eigenvalue weighted by Gasteiger charge is -2.35. The quantitative estimate of drug-likeness (QED) is 0.729. The number of amides is 1. The van der Waals surface area contributed by atoms with Crippen LogP contribution in [-0.2, 0) is 4.79 Å². The van der Waals surface area contributed by atoms with Gasteiger partial charge in [0.1, 0.15) is 0 Å². The topological polar surface area (TPSA) is 46.3 Å². The molecule has 0 spiro atoms. The molecule has 1 saturated heterocycles. The number of nitrogens with two attached hydrogens (primary N) is 1. The second kappa shape index (κ2) is 4.38. The summed E-state index contributed by atoms with van der Waals surface area (Å²) in [5.74, 6) is -1.00. The summed E-state index contributed by atoms with van der Waals surface area (Å²) < 4.78 is 36.6. The van der Waals surface area contributed by atoms with E-state index in [9.17, 15) is 18.0 Å². The third-order valence-electron chi connectivity index (χ3n) is 2.70. The van der Waals surface area contributed by atoms with Gasteiger partial charge >= 0.3 is 6.18 Å². The Morgan fingerprint density at radius 1 is 1.47 bits per heavy atom. The number of hydrogen-bond acceptors (Lipinski definition) is 2. The number of halogens is 3. The molecule has 1 aliphatic rings. The molecule has 1 amide bonds. The van der Waals surface area contributed by atoms with Crippen LogP contribution in [0.1, 0.15) is 26.2 Å². The number of nitrogens with zero attached hydrogens (tertiary/aromatic N) is 1. The van der Waals surface area contributed by atoms with E-state index < -0.39 is 18.1 Å².